The quantitative estimate of drug-likeness (QED) is 0.474. The van der Waals surface area contributed by atoms with Crippen LogP contribution in [0.5, 0.6) is 5.75 Å². The third-order valence-electron chi connectivity index (χ3n) is 2.34. The Bertz CT molecular complexity index is 465. The Morgan fingerprint density at radius 3 is 2.84 bits per heavy atom. The second-order valence-electron chi connectivity index (χ2n) is 3.86. The number of nitrogens with one attached hydrogen (secondary N) is 1. The third-order valence-corrected chi connectivity index (χ3v) is 2.63. The summed E-state index contributed by atoms with van der Waals surface area (Å²) in [5.74, 6) is 0.000720. The summed E-state index contributed by atoms with van der Waals surface area (Å²) in [5, 5.41) is 13.3. The van der Waals surface area contributed by atoms with E-state index in [0.717, 1.165) is 12.8 Å². The van der Waals surface area contributed by atoms with Gasteiger partial charge in [-0.25, -0.2) is 0 Å². The molecule has 1 rings (SSSR count). The van der Waals surface area contributed by atoms with Gasteiger partial charge in [0, 0.05) is 18.7 Å². The van der Waals surface area contributed by atoms with Crippen molar-refractivity contribution in [2.45, 2.75) is 19.8 Å². The van der Waals surface area contributed by atoms with Gasteiger partial charge in [-0.15, -0.1) is 0 Å². The van der Waals surface area contributed by atoms with Gasteiger partial charge in [0.25, 0.3) is 11.6 Å². The SMILES string of the molecule is CCCCNC(=O)COc1ccc([N+](=O)[O-])cc1Cl. The lowest BCUT2D eigenvalue weighted by Crippen LogP contribution is -2.29. The van der Waals surface area contributed by atoms with E-state index in [9.17, 15) is 14.9 Å². The highest BCUT2D eigenvalue weighted by atomic mass is 35.5. The number of nitro benzene ring substituents is 1. The average Bonchev–Trinajstić information content (AvgIpc) is 2.37. The molecule has 0 radical (unpaired) electrons. The second kappa shape index (κ2) is 7.58. The molecule has 0 bridgehead atoms. The van der Waals surface area contributed by atoms with Crippen LogP contribution in [-0.2, 0) is 4.79 Å². The minimum atomic E-state index is -0.548. The Labute approximate surface area is 115 Å². The highest BCUT2D eigenvalue weighted by Crippen LogP contribution is 2.28. The van der Waals surface area contributed by atoms with Gasteiger partial charge >= 0.3 is 0 Å². The molecule has 0 saturated heterocycles. The normalized spacial score (nSPS) is 10.0. The summed E-state index contributed by atoms with van der Waals surface area (Å²) < 4.78 is 5.20. The maximum Gasteiger partial charge on any atom is 0.271 e. The number of halogens is 1. The predicted molar refractivity (Wildman–Crippen MR) is 71.5 cm³/mol. The maximum absolute atomic E-state index is 11.4. The van der Waals surface area contributed by atoms with Crippen LogP contribution in [0.3, 0.4) is 0 Å². The summed E-state index contributed by atoms with van der Waals surface area (Å²) in [4.78, 5) is 21.4. The Balaban J connectivity index is 2.49. The first-order chi connectivity index (χ1) is 9.04. The van der Waals surface area contributed by atoms with Crippen molar-refractivity contribution in [1.82, 2.24) is 5.32 Å². The number of nitro groups is 1. The number of carbonyl (C=O) groups is 1. The monoisotopic (exact) mass is 286 g/mol. The number of carbonyl (C=O) groups excluding carboxylic acids is 1. The van der Waals surface area contributed by atoms with E-state index < -0.39 is 4.92 Å². The van der Waals surface area contributed by atoms with Crippen LogP contribution in [0.15, 0.2) is 18.2 Å². The Hall–Kier alpha value is -1.82. The van der Waals surface area contributed by atoms with Crippen LogP contribution in [0, 0.1) is 10.1 Å². The fourth-order valence-electron chi connectivity index (χ4n) is 1.32. The van der Waals surface area contributed by atoms with Crippen molar-refractivity contribution in [3.63, 3.8) is 0 Å². The smallest absolute Gasteiger partial charge is 0.271 e. The first-order valence-corrected chi connectivity index (χ1v) is 6.25. The van der Waals surface area contributed by atoms with Gasteiger partial charge in [-0.05, 0) is 12.5 Å². The number of hydrogen-bond donors (Lipinski definition) is 1. The molecule has 6 nitrogen and oxygen atoms in total. The molecule has 0 atom stereocenters. The molecule has 104 valence electrons. The summed E-state index contributed by atoms with van der Waals surface area (Å²) >= 11 is 5.82. The van der Waals surface area contributed by atoms with Crippen molar-refractivity contribution in [2.75, 3.05) is 13.2 Å². The van der Waals surface area contributed by atoms with Gasteiger partial charge in [-0.1, -0.05) is 24.9 Å². The fourth-order valence-corrected chi connectivity index (χ4v) is 1.55. The van der Waals surface area contributed by atoms with Gasteiger partial charge in [0.15, 0.2) is 6.61 Å². The van der Waals surface area contributed by atoms with E-state index in [1.807, 2.05) is 6.92 Å². The molecular weight excluding hydrogens is 272 g/mol. The maximum atomic E-state index is 11.4. The molecule has 0 heterocycles. The van der Waals surface area contributed by atoms with Gasteiger partial charge in [-0.2, -0.15) is 0 Å². The molecule has 1 amide bonds. The number of benzene rings is 1. The minimum absolute atomic E-state index is 0.107. The van der Waals surface area contributed by atoms with Crippen molar-refractivity contribution < 1.29 is 14.5 Å². The lowest BCUT2D eigenvalue weighted by Gasteiger charge is -2.08. The Morgan fingerprint density at radius 1 is 1.53 bits per heavy atom. The van der Waals surface area contributed by atoms with Crippen molar-refractivity contribution in [3.05, 3.63) is 33.3 Å². The van der Waals surface area contributed by atoms with E-state index in [1.165, 1.54) is 18.2 Å². The topological polar surface area (TPSA) is 81.5 Å². The van der Waals surface area contributed by atoms with E-state index in [0.29, 0.717) is 6.54 Å². The number of hydrogen-bond acceptors (Lipinski definition) is 4. The van der Waals surface area contributed by atoms with E-state index in [2.05, 4.69) is 5.32 Å². The van der Waals surface area contributed by atoms with Crippen LogP contribution < -0.4 is 10.1 Å². The lowest BCUT2D eigenvalue weighted by atomic mass is 10.3. The molecule has 19 heavy (non-hydrogen) atoms. The van der Waals surface area contributed by atoms with Gasteiger partial charge in [-0.3, -0.25) is 14.9 Å². The van der Waals surface area contributed by atoms with Crippen molar-refractivity contribution in [1.29, 1.82) is 0 Å². The summed E-state index contributed by atoms with van der Waals surface area (Å²) in [6, 6.07) is 3.84. The Kier molecular flexibility index (Phi) is 6.08. The average molecular weight is 287 g/mol. The van der Waals surface area contributed by atoms with Crippen LogP contribution in [0.4, 0.5) is 5.69 Å². The summed E-state index contributed by atoms with van der Waals surface area (Å²) in [7, 11) is 0. The van der Waals surface area contributed by atoms with Crippen LogP contribution >= 0.6 is 11.6 Å². The standard InChI is InChI=1S/C12H15ClN2O4/c1-2-3-6-14-12(16)8-19-11-5-4-9(15(17)18)7-10(11)13/h4-5,7H,2-3,6,8H2,1H3,(H,14,16). The number of rotatable bonds is 7. The third kappa shape index (κ3) is 5.13. The molecule has 7 heteroatoms. The van der Waals surface area contributed by atoms with Crippen molar-refractivity contribution in [3.8, 4) is 5.75 Å². The summed E-state index contributed by atoms with van der Waals surface area (Å²) in [6.07, 6.45) is 1.90. The number of unbranched alkanes of at least 4 members (excludes halogenated alkanes) is 1. The first-order valence-electron chi connectivity index (χ1n) is 5.88. The van der Waals surface area contributed by atoms with Crippen LogP contribution in [0.1, 0.15) is 19.8 Å². The van der Waals surface area contributed by atoms with E-state index in [1.54, 1.807) is 0 Å². The van der Waals surface area contributed by atoms with Crippen molar-refractivity contribution >= 4 is 23.2 Å². The van der Waals surface area contributed by atoms with Crippen LogP contribution in [0.2, 0.25) is 5.02 Å². The molecule has 0 fully saturated rings. The first kappa shape index (κ1) is 15.2. The minimum Gasteiger partial charge on any atom is -0.482 e. The fraction of sp³-hybridized carbons (Fsp3) is 0.417. The molecule has 0 aromatic heterocycles. The van der Waals surface area contributed by atoms with E-state index in [4.69, 9.17) is 16.3 Å². The lowest BCUT2D eigenvalue weighted by molar-refractivity contribution is -0.384. The largest absolute Gasteiger partial charge is 0.482 e. The molecule has 1 aromatic rings. The number of nitrogens with zero attached hydrogens (tertiary/aromatic N) is 1. The zero-order valence-electron chi connectivity index (χ0n) is 10.5. The van der Waals surface area contributed by atoms with Gasteiger partial charge in [0.1, 0.15) is 5.75 Å². The molecule has 1 N–H and O–H groups in total. The predicted octanol–water partition coefficient (Wildman–Crippen LogP) is 2.54. The molecule has 1 aromatic carbocycles. The highest BCUT2D eigenvalue weighted by molar-refractivity contribution is 6.32. The Morgan fingerprint density at radius 2 is 2.26 bits per heavy atom. The molecule has 0 aliphatic carbocycles. The van der Waals surface area contributed by atoms with Gasteiger partial charge < -0.3 is 10.1 Å². The molecular formula is C12H15ClN2O4. The van der Waals surface area contributed by atoms with Crippen LogP contribution in [-0.4, -0.2) is 24.0 Å². The number of non-ortho nitro benzene ring substituents is 1. The van der Waals surface area contributed by atoms with E-state index >= 15 is 0 Å². The summed E-state index contributed by atoms with van der Waals surface area (Å²) in [5.41, 5.74) is -0.121. The summed E-state index contributed by atoms with van der Waals surface area (Å²) in [6.45, 7) is 2.47. The number of ether oxygens (including phenoxy) is 1. The molecule has 0 saturated carbocycles. The van der Waals surface area contributed by atoms with E-state index in [-0.39, 0.29) is 29.0 Å². The van der Waals surface area contributed by atoms with Crippen molar-refractivity contribution in [2.24, 2.45) is 0 Å². The molecule has 0 unspecified atom stereocenters. The van der Waals surface area contributed by atoms with Gasteiger partial charge in [0.2, 0.25) is 0 Å². The zero-order chi connectivity index (χ0) is 14.3. The molecule has 0 aliphatic rings. The second-order valence-corrected chi connectivity index (χ2v) is 4.27. The number of amides is 1. The van der Waals surface area contributed by atoms with Gasteiger partial charge in [0.05, 0.1) is 9.95 Å². The highest BCUT2D eigenvalue weighted by Gasteiger charge is 2.11. The zero-order valence-corrected chi connectivity index (χ0v) is 11.3. The van der Waals surface area contributed by atoms with Crippen LogP contribution in [0.25, 0.3) is 0 Å². The molecule has 0 spiro atoms. The molecule has 0 aliphatic heterocycles.